The summed E-state index contributed by atoms with van der Waals surface area (Å²) < 4.78 is 4.59. The summed E-state index contributed by atoms with van der Waals surface area (Å²) in [6.45, 7) is 2.99. The van der Waals surface area contributed by atoms with E-state index in [0.717, 1.165) is 0 Å². The third kappa shape index (κ3) is 3.17. The van der Waals surface area contributed by atoms with E-state index in [1.807, 2.05) is 0 Å². The van der Waals surface area contributed by atoms with Gasteiger partial charge in [0.1, 0.15) is 0 Å². The van der Waals surface area contributed by atoms with E-state index in [-0.39, 0.29) is 23.6 Å². The lowest BCUT2D eigenvalue weighted by atomic mass is 10.1. The number of H-pyrrole nitrogens is 1. The van der Waals surface area contributed by atoms with Crippen molar-refractivity contribution >= 4 is 11.9 Å². The number of aromatic nitrogens is 1. The minimum Gasteiger partial charge on any atom is -0.465 e. The van der Waals surface area contributed by atoms with Gasteiger partial charge in [0.05, 0.1) is 18.2 Å². The molecular weight excluding hydrogens is 224 g/mol. The highest BCUT2D eigenvalue weighted by Crippen LogP contribution is 2.07. The van der Waals surface area contributed by atoms with Crippen molar-refractivity contribution in [1.82, 2.24) is 10.3 Å². The predicted octanol–water partition coefficient (Wildman–Crippen LogP) is 0.106. The lowest BCUT2D eigenvalue weighted by Crippen LogP contribution is -2.28. The van der Waals surface area contributed by atoms with E-state index < -0.39 is 11.5 Å². The number of rotatable bonds is 3. The first-order valence-electron chi connectivity index (χ1n) is 5.01. The van der Waals surface area contributed by atoms with Crippen molar-refractivity contribution in [3.05, 3.63) is 33.2 Å². The van der Waals surface area contributed by atoms with Crippen LogP contribution < -0.4 is 10.9 Å². The summed E-state index contributed by atoms with van der Waals surface area (Å²) in [5, 5.41) is 2.47. The number of methoxy groups -OCH3 is 1. The summed E-state index contributed by atoms with van der Waals surface area (Å²) >= 11 is 0. The second kappa shape index (κ2) is 5.29. The zero-order valence-corrected chi connectivity index (χ0v) is 9.92. The molecule has 0 spiro atoms. The summed E-state index contributed by atoms with van der Waals surface area (Å²) in [5.74, 6) is -0.875. The van der Waals surface area contributed by atoms with Gasteiger partial charge >= 0.3 is 5.97 Å². The summed E-state index contributed by atoms with van der Waals surface area (Å²) in [5.41, 5.74) is 0.515. The molecule has 1 amide bonds. The Hall–Kier alpha value is -2.11. The molecule has 0 aliphatic rings. The number of hydrogen-bond acceptors (Lipinski definition) is 4. The molecule has 1 rings (SSSR count). The maximum atomic E-state index is 11.7. The van der Waals surface area contributed by atoms with Gasteiger partial charge in [-0.15, -0.1) is 0 Å². The molecule has 0 saturated heterocycles. The molecule has 6 heteroatoms. The number of nitrogens with one attached hydrogen (secondary N) is 2. The molecule has 0 aliphatic heterocycles. The molecule has 0 saturated carbocycles. The van der Waals surface area contributed by atoms with Crippen molar-refractivity contribution in [2.24, 2.45) is 0 Å². The van der Waals surface area contributed by atoms with Crippen LogP contribution in [0, 0.1) is 6.92 Å². The second-order valence-corrected chi connectivity index (χ2v) is 3.58. The highest BCUT2D eigenvalue weighted by molar-refractivity contribution is 5.91. The minimum atomic E-state index is -0.598. The smallest absolute Gasteiger partial charge is 0.338 e. The molecule has 0 aliphatic carbocycles. The standard InChI is InChI=1S/C11H14N2O4/c1-6-4-8(11(16)17-3)9(10(15)13-6)5-12-7(2)14/h4H,5H2,1-3H3,(H,12,14)(H,13,15). The van der Waals surface area contributed by atoms with Crippen molar-refractivity contribution < 1.29 is 14.3 Å². The van der Waals surface area contributed by atoms with Gasteiger partial charge < -0.3 is 15.0 Å². The Morgan fingerprint density at radius 1 is 1.47 bits per heavy atom. The maximum Gasteiger partial charge on any atom is 0.338 e. The predicted molar refractivity (Wildman–Crippen MR) is 60.7 cm³/mol. The van der Waals surface area contributed by atoms with Crippen molar-refractivity contribution in [1.29, 1.82) is 0 Å². The Morgan fingerprint density at radius 2 is 2.12 bits per heavy atom. The van der Waals surface area contributed by atoms with Gasteiger partial charge in [-0.1, -0.05) is 0 Å². The topological polar surface area (TPSA) is 88.3 Å². The number of aryl methyl sites for hydroxylation is 1. The molecule has 0 atom stereocenters. The number of pyridine rings is 1. The Kier molecular flexibility index (Phi) is 4.03. The minimum absolute atomic E-state index is 0.00458. The first-order valence-corrected chi connectivity index (χ1v) is 5.01. The van der Waals surface area contributed by atoms with Gasteiger partial charge in [0.25, 0.3) is 5.56 Å². The van der Waals surface area contributed by atoms with Crippen molar-refractivity contribution in [2.45, 2.75) is 20.4 Å². The Morgan fingerprint density at radius 3 is 2.65 bits per heavy atom. The van der Waals surface area contributed by atoms with Crippen molar-refractivity contribution in [3.63, 3.8) is 0 Å². The van der Waals surface area contributed by atoms with E-state index in [2.05, 4.69) is 15.0 Å². The van der Waals surface area contributed by atoms with Gasteiger partial charge in [0.2, 0.25) is 5.91 Å². The summed E-state index contributed by atoms with van der Waals surface area (Å²) in [6, 6.07) is 1.52. The van der Waals surface area contributed by atoms with Crippen LogP contribution in [-0.2, 0) is 16.1 Å². The quantitative estimate of drug-likeness (QED) is 0.731. The van der Waals surface area contributed by atoms with Gasteiger partial charge in [-0.3, -0.25) is 9.59 Å². The van der Waals surface area contributed by atoms with E-state index in [4.69, 9.17) is 0 Å². The molecule has 0 unspecified atom stereocenters. The fourth-order valence-electron chi connectivity index (χ4n) is 1.40. The molecule has 0 fully saturated rings. The Bertz CT molecular complexity index is 505. The monoisotopic (exact) mass is 238 g/mol. The molecule has 0 radical (unpaired) electrons. The average Bonchev–Trinajstić information content (AvgIpc) is 2.25. The van der Waals surface area contributed by atoms with Crippen molar-refractivity contribution in [3.8, 4) is 0 Å². The van der Waals surface area contributed by atoms with Crippen LogP contribution in [0.25, 0.3) is 0 Å². The number of carbonyl (C=O) groups excluding carboxylic acids is 2. The third-order valence-electron chi connectivity index (χ3n) is 2.19. The zero-order chi connectivity index (χ0) is 13.0. The fourth-order valence-corrected chi connectivity index (χ4v) is 1.40. The number of carbonyl (C=O) groups is 2. The SMILES string of the molecule is COC(=O)c1cc(C)[nH]c(=O)c1CNC(C)=O. The molecule has 2 N–H and O–H groups in total. The Labute approximate surface area is 98.0 Å². The van der Waals surface area contributed by atoms with Gasteiger partial charge in [-0.25, -0.2) is 4.79 Å². The van der Waals surface area contributed by atoms with E-state index in [1.54, 1.807) is 6.92 Å². The first-order chi connectivity index (χ1) is 7.95. The van der Waals surface area contributed by atoms with Crippen molar-refractivity contribution in [2.75, 3.05) is 7.11 Å². The van der Waals surface area contributed by atoms with E-state index in [0.29, 0.717) is 5.69 Å². The summed E-state index contributed by atoms with van der Waals surface area (Å²) in [7, 11) is 1.24. The molecule has 17 heavy (non-hydrogen) atoms. The lowest BCUT2D eigenvalue weighted by Gasteiger charge is -2.08. The number of hydrogen-bond donors (Lipinski definition) is 2. The van der Waals surface area contributed by atoms with E-state index >= 15 is 0 Å². The fraction of sp³-hybridized carbons (Fsp3) is 0.364. The summed E-state index contributed by atoms with van der Waals surface area (Å²) in [6.07, 6.45) is 0. The normalized spacial score (nSPS) is 9.82. The van der Waals surface area contributed by atoms with E-state index in [1.165, 1.54) is 20.1 Å². The average molecular weight is 238 g/mol. The van der Waals surface area contributed by atoms with Crippen LogP contribution in [0.3, 0.4) is 0 Å². The van der Waals surface area contributed by atoms with Crippen LogP contribution in [0.5, 0.6) is 0 Å². The molecule has 1 aromatic rings. The van der Waals surface area contributed by atoms with Crippen LogP contribution >= 0.6 is 0 Å². The zero-order valence-electron chi connectivity index (χ0n) is 9.92. The van der Waals surface area contributed by atoms with Gasteiger partial charge in [-0.2, -0.15) is 0 Å². The molecule has 1 heterocycles. The first kappa shape index (κ1) is 13.0. The second-order valence-electron chi connectivity index (χ2n) is 3.58. The highest BCUT2D eigenvalue weighted by atomic mass is 16.5. The number of amides is 1. The molecule has 92 valence electrons. The Balaban J connectivity index is 3.20. The van der Waals surface area contributed by atoms with E-state index in [9.17, 15) is 14.4 Å². The van der Waals surface area contributed by atoms with Crippen LogP contribution in [-0.4, -0.2) is 24.0 Å². The van der Waals surface area contributed by atoms with Crippen LogP contribution in [0.4, 0.5) is 0 Å². The lowest BCUT2D eigenvalue weighted by molar-refractivity contribution is -0.119. The maximum absolute atomic E-state index is 11.7. The highest BCUT2D eigenvalue weighted by Gasteiger charge is 2.16. The van der Waals surface area contributed by atoms with Gasteiger partial charge in [0.15, 0.2) is 0 Å². The number of esters is 1. The van der Waals surface area contributed by atoms with Crippen LogP contribution in [0.15, 0.2) is 10.9 Å². The molecule has 0 bridgehead atoms. The molecule has 0 aromatic carbocycles. The largest absolute Gasteiger partial charge is 0.465 e. The molecule has 6 nitrogen and oxygen atoms in total. The van der Waals surface area contributed by atoms with Crippen LogP contribution in [0.1, 0.15) is 28.5 Å². The number of ether oxygens (including phenoxy) is 1. The van der Waals surface area contributed by atoms with Gasteiger partial charge in [0, 0.05) is 19.2 Å². The number of aromatic amines is 1. The van der Waals surface area contributed by atoms with Gasteiger partial charge in [-0.05, 0) is 13.0 Å². The third-order valence-corrected chi connectivity index (χ3v) is 2.19. The molecule has 1 aromatic heterocycles. The summed E-state index contributed by atoms with van der Waals surface area (Å²) in [4.78, 5) is 36.5. The van der Waals surface area contributed by atoms with Crippen LogP contribution in [0.2, 0.25) is 0 Å². The molecular formula is C11H14N2O4.